The van der Waals surface area contributed by atoms with Gasteiger partial charge in [-0.05, 0) is 25.1 Å². The maximum Gasteiger partial charge on any atom is 0.365 e. The van der Waals surface area contributed by atoms with Gasteiger partial charge in [0.15, 0.2) is 0 Å². The van der Waals surface area contributed by atoms with E-state index in [1.165, 1.54) is 5.69 Å². The number of aromatic carboxylic acids is 1. The van der Waals surface area contributed by atoms with Crippen LogP contribution in [0.3, 0.4) is 0 Å². The van der Waals surface area contributed by atoms with Gasteiger partial charge in [-0.1, -0.05) is 18.2 Å². The number of nitrogens with zero attached hydrogens (tertiary/aromatic N) is 2. The van der Waals surface area contributed by atoms with Gasteiger partial charge in [0.05, 0.1) is 5.69 Å². The molecule has 0 fully saturated rings. The zero-order valence-electron chi connectivity index (χ0n) is 12.0. The number of hydrogen-bond acceptors (Lipinski definition) is 5. The topological polar surface area (TPSA) is 65.5 Å². The van der Waals surface area contributed by atoms with Gasteiger partial charge in [-0.2, -0.15) is 0 Å². The predicted octanol–water partition coefficient (Wildman–Crippen LogP) is 2.46. The molecule has 2 aromatic rings. The van der Waals surface area contributed by atoms with Crippen LogP contribution in [0.4, 0.5) is 5.69 Å². The average molecular weight is 305 g/mol. The van der Waals surface area contributed by atoms with E-state index in [2.05, 4.69) is 34.4 Å². The molecule has 5 nitrogen and oxygen atoms in total. The summed E-state index contributed by atoms with van der Waals surface area (Å²) >= 11 is 1.16. The molecule has 2 rings (SSSR count). The van der Waals surface area contributed by atoms with E-state index in [1.54, 1.807) is 5.38 Å². The molecule has 0 bridgehead atoms. The number of para-hydroxylation sites is 1. The van der Waals surface area contributed by atoms with Crippen molar-refractivity contribution in [3.05, 3.63) is 46.4 Å². The van der Waals surface area contributed by atoms with Crippen molar-refractivity contribution in [3.8, 4) is 0 Å². The quantitative estimate of drug-likeness (QED) is 0.733. The van der Waals surface area contributed by atoms with Crippen molar-refractivity contribution in [1.82, 2.24) is 10.3 Å². The second-order valence-corrected chi connectivity index (χ2v) is 5.59. The van der Waals surface area contributed by atoms with E-state index in [0.717, 1.165) is 36.5 Å². The molecule has 0 saturated carbocycles. The van der Waals surface area contributed by atoms with Crippen LogP contribution in [0.15, 0.2) is 35.7 Å². The summed E-state index contributed by atoms with van der Waals surface area (Å²) in [6.45, 7) is 2.45. The van der Waals surface area contributed by atoms with Gasteiger partial charge in [-0.3, -0.25) is 0 Å². The molecule has 1 aromatic heterocycles. The molecule has 112 valence electrons. The number of anilines is 1. The fourth-order valence-electron chi connectivity index (χ4n) is 1.96. The Balaban J connectivity index is 1.64. The molecule has 0 aliphatic heterocycles. The molecular formula is C15H19N3O2S. The molecule has 2 N–H and O–H groups in total. The monoisotopic (exact) mass is 305 g/mol. The third kappa shape index (κ3) is 4.84. The van der Waals surface area contributed by atoms with Crippen molar-refractivity contribution in [1.29, 1.82) is 0 Å². The van der Waals surface area contributed by atoms with Gasteiger partial charge >= 0.3 is 5.97 Å². The van der Waals surface area contributed by atoms with Gasteiger partial charge in [-0.15, -0.1) is 11.3 Å². The van der Waals surface area contributed by atoms with Gasteiger partial charge in [0, 0.05) is 31.2 Å². The Morgan fingerprint density at radius 3 is 2.81 bits per heavy atom. The van der Waals surface area contributed by atoms with Crippen molar-refractivity contribution in [2.24, 2.45) is 0 Å². The first-order valence-corrected chi connectivity index (χ1v) is 7.69. The molecule has 1 aromatic carbocycles. The summed E-state index contributed by atoms with van der Waals surface area (Å²) < 4.78 is 0. The number of benzene rings is 1. The van der Waals surface area contributed by atoms with Crippen LogP contribution in [0.5, 0.6) is 0 Å². The summed E-state index contributed by atoms with van der Waals surface area (Å²) in [5.74, 6) is -0.962. The van der Waals surface area contributed by atoms with Crippen LogP contribution in [0, 0.1) is 0 Å². The summed E-state index contributed by atoms with van der Waals surface area (Å²) in [7, 11) is 2.08. The van der Waals surface area contributed by atoms with Crippen LogP contribution >= 0.6 is 11.3 Å². The molecular weight excluding hydrogens is 286 g/mol. The van der Waals surface area contributed by atoms with Crippen LogP contribution in [0.25, 0.3) is 0 Å². The minimum atomic E-state index is -0.962. The predicted molar refractivity (Wildman–Crippen MR) is 85.1 cm³/mol. The Morgan fingerprint density at radius 1 is 1.38 bits per heavy atom. The standard InChI is InChI=1S/C15H19N3O2S/c1-18(13-6-3-2-4-7-13)9-5-8-16-10-12-11-21-14(17-12)15(19)20/h2-4,6-7,11,16H,5,8-10H2,1H3,(H,19,20). The summed E-state index contributed by atoms with van der Waals surface area (Å²) in [6, 6.07) is 10.3. The van der Waals surface area contributed by atoms with Crippen LogP contribution in [0.1, 0.15) is 21.9 Å². The molecule has 1 heterocycles. The second-order valence-electron chi connectivity index (χ2n) is 4.74. The average Bonchev–Trinajstić information content (AvgIpc) is 2.97. The molecule has 0 aliphatic rings. The summed E-state index contributed by atoms with van der Waals surface area (Å²) in [4.78, 5) is 17.0. The number of thiazole rings is 1. The Labute approximate surface area is 128 Å². The van der Waals surface area contributed by atoms with Gasteiger partial charge in [-0.25, -0.2) is 9.78 Å². The van der Waals surface area contributed by atoms with Crippen molar-refractivity contribution in [2.75, 3.05) is 25.0 Å². The number of carbonyl (C=O) groups is 1. The number of aromatic nitrogens is 1. The Bertz CT molecular complexity index is 571. The fraction of sp³-hybridized carbons (Fsp3) is 0.333. The Kier molecular flexibility index (Phi) is 5.71. The van der Waals surface area contributed by atoms with Crippen molar-refractivity contribution in [2.45, 2.75) is 13.0 Å². The molecule has 0 radical (unpaired) electrons. The number of hydrogen-bond donors (Lipinski definition) is 2. The van der Waals surface area contributed by atoms with Gasteiger partial charge in [0.25, 0.3) is 0 Å². The fourth-order valence-corrected chi connectivity index (χ4v) is 2.61. The maximum absolute atomic E-state index is 10.7. The highest BCUT2D eigenvalue weighted by molar-refractivity contribution is 7.11. The van der Waals surface area contributed by atoms with Gasteiger partial charge in [0.1, 0.15) is 0 Å². The van der Waals surface area contributed by atoms with Crippen molar-refractivity contribution in [3.63, 3.8) is 0 Å². The highest BCUT2D eigenvalue weighted by atomic mass is 32.1. The van der Waals surface area contributed by atoms with E-state index in [-0.39, 0.29) is 5.01 Å². The number of rotatable bonds is 8. The lowest BCUT2D eigenvalue weighted by atomic mass is 10.3. The first-order valence-electron chi connectivity index (χ1n) is 6.81. The maximum atomic E-state index is 10.7. The minimum Gasteiger partial charge on any atom is -0.476 e. The van der Waals surface area contributed by atoms with E-state index < -0.39 is 5.97 Å². The van der Waals surface area contributed by atoms with E-state index in [9.17, 15) is 4.79 Å². The molecule has 0 saturated heterocycles. The van der Waals surface area contributed by atoms with Crippen LogP contribution in [-0.2, 0) is 6.54 Å². The molecule has 0 amide bonds. The van der Waals surface area contributed by atoms with E-state index >= 15 is 0 Å². The Morgan fingerprint density at radius 2 is 2.14 bits per heavy atom. The van der Waals surface area contributed by atoms with Gasteiger partial charge in [0.2, 0.25) is 5.01 Å². The summed E-state index contributed by atoms with van der Waals surface area (Å²) in [6.07, 6.45) is 1.02. The van der Waals surface area contributed by atoms with E-state index in [1.807, 2.05) is 18.2 Å². The third-order valence-corrected chi connectivity index (χ3v) is 3.96. The van der Waals surface area contributed by atoms with E-state index in [0.29, 0.717) is 6.54 Å². The normalized spacial score (nSPS) is 10.5. The highest BCUT2D eigenvalue weighted by Gasteiger charge is 2.08. The molecule has 0 unspecified atom stereocenters. The van der Waals surface area contributed by atoms with E-state index in [4.69, 9.17) is 5.11 Å². The van der Waals surface area contributed by atoms with Crippen LogP contribution in [0.2, 0.25) is 0 Å². The lowest BCUT2D eigenvalue weighted by Crippen LogP contribution is -2.23. The minimum absolute atomic E-state index is 0.149. The zero-order chi connectivity index (χ0) is 15.1. The molecule has 0 spiro atoms. The number of carboxylic acids is 1. The number of nitrogens with one attached hydrogen (secondary N) is 1. The number of carboxylic acid groups (broad SMARTS) is 1. The second kappa shape index (κ2) is 7.75. The summed E-state index contributed by atoms with van der Waals surface area (Å²) in [5.41, 5.74) is 2.00. The zero-order valence-corrected chi connectivity index (χ0v) is 12.8. The SMILES string of the molecule is CN(CCCNCc1csc(C(=O)O)n1)c1ccccc1. The molecule has 0 aliphatic carbocycles. The van der Waals surface area contributed by atoms with Crippen molar-refractivity contribution < 1.29 is 9.90 Å². The van der Waals surface area contributed by atoms with Gasteiger partial charge < -0.3 is 15.3 Å². The largest absolute Gasteiger partial charge is 0.476 e. The highest BCUT2D eigenvalue weighted by Crippen LogP contribution is 2.11. The third-order valence-electron chi connectivity index (χ3n) is 3.08. The molecule has 0 atom stereocenters. The molecule has 6 heteroatoms. The summed E-state index contributed by atoms with van der Waals surface area (Å²) in [5, 5.41) is 14.0. The first kappa shape index (κ1) is 15.5. The first-order chi connectivity index (χ1) is 10.2. The molecule has 21 heavy (non-hydrogen) atoms. The smallest absolute Gasteiger partial charge is 0.365 e. The van der Waals surface area contributed by atoms with Crippen molar-refractivity contribution >= 4 is 23.0 Å². The lowest BCUT2D eigenvalue weighted by Gasteiger charge is -2.19. The van der Waals surface area contributed by atoms with Crippen LogP contribution in [-0.4, -0.2) is 36.2 Å². The Hall–Kier alpha value is -1.92. The lowest BCUT2D eigenvalue weighted by molar-refractivity contribution is 0.0696. The van der Waals surface area contributed by atoms with Crippen LogP contribution < -0.4 is 10.2 Å².